The predicted octanol–water partition coefficient (Wildman–Crippen LogP) is 4.79. The molecule has 2 aromatic carbocycles. The van der Waals surface area contributed by atoms with E-state index < -0.39 is 20.3 Å². The number of benzene rings is 2. The summed E-state index contributed by atoms with van der Waals surface area (Å²) in [4.78, 5) is 16.9. The normalized spacial score (nSPS) is 11.8. The SMILES string of the molecule is Cc1ccc(S(=O)(=O)/C(C#N)=C/c2c(Oc3ccccc3Cl)nc3ccccn3c2=O)cc1. The molecule has 0 spiro atoms. The Morgan fingerprint density at radius 1 is 1.09 bits per heavy atom. The van der Waals surface area contributed by atoms with Crippen molar-refractivity contribution < 1.29 is 13.2 Å². The van der Waals surface area contributed by atoms with Crippen molar-refractivity contribution in [2.45, 2.75) is 11.8 Å². The summed E-state index contributed by atoms with van der Waals surface area (Å²) in [5, 5.41) is 9.95. The van der Waals surface area contributed by atoms with Gasteiger partial charge in [-0.15, -0.1) is 0 Å². The molecule has 33 heavy (non-hydrogen) atoms. The van der Waals surface area contributed by atoms with Crippen molar-refractivity contribution in [3.05, 3.63) is 104 Å². The molecule has 0 unspecified atom stereocenters. The van der Waals surface area contributed by atoms with Crippen LogP contribution < -0.4 is 10.3 Å². The highest BCUT2D eigenvalue weighted by Crippen LogP contribution is 2.31. The van der Waals surface area contributed by atoms with Crippen LogP contribution in [0.4, 0.5) is 0 Å². The van der Waals surface area contributed by atoms with E-state index in [1.165, 1.54) is 22.7 Å². The van der Waals surface area contributed by atoms with Crippen molar-refractivity contribution in [1.29, 1.82) is 5.26 Å². The van der Waals surface area contributed by atoms with Crippen molar-refractivity contribution in [2.75, 3.05) is 0 Å². The van der Waals surface area contributed by atoms with Gasteiger partial charge >= 0.3 is 0 Å². The van der Waals surface area contributed by atoms with E-state index in [1.54, 1.807) is 60.7 Å². The highest BCUT2D eigenvalue weighted by Gasteiger charge is 2.23. The van der Waals surface area contributed by atoms with Crippen LogP contribution >= 0.6 is 11.6 Å². The molecule has 0 aliphatic rings. The highest BCUT2D eigenvalue weighted by atomic mass is 35.5. The molecule has 9 heteroatoms. The summed E-state index contributed by atoms with van der Waals surface area (Å²) >= 11 is 6.18. The fourth-order valence-corrected chi connectivity index (χ4v) is 4.38. The highest BCUT2D eigenvalue weighted by molar-refractivity contribution is 7.95. The molecule has 2 heterocycles. The van der Waals surface area contributed by atoms with Crippen LogP contribution in [0.3, 0.4) is 0 Å². The standard InChI is InChI=1S/C24H16ClN3O4S/c1-16-9-11-17(12-10-16)33(30,31)18(15-26)14-19-23(32-21-7-3-2-6-20(21)25)27-22-8-4-5-13-28(22)24(19)29/h2-14H,1H3/b18-14+. The van der Waals surface area contributed by atoms with Crippen molar-refractivity contribution in [3.8, 4) is 17.7 Å². The molecule has 2 aromatic heterocycles. The van der Waals surface area contributed by atoms with Gasteiger partial charge in [-0.25, -0.2) is 8.42 Å². The summed E-state index contributed by atoms with van der Waals surface area (Å²) in [5.41, 5.74) is 0.339. The van der Waals surface area contributed by atoms with Gasteiger partial charge < -0.3 is 4.74 Å². The minimum absolute atomic E-state index is 0.0664. The number of nitriles is 1. The molecule has 4 rings (SSSR count). The largest absolute Gasteiger partial charge is 0.437 e. The Morgan fingerprint density at radius 2 is 1.79 bits per heavy atom. The van der Waals surface area contributed by atoms with E-state index in [0.29, 0.717) is 0 Å². The van der Waals surface area contributed by atoms with Crippen LogP contribution in [0.5, 0.6) is 11.6 Å². The molecule has 0 saturated carbocycles. The van der Waals surface area contributed by atoms with Gasteiger partial charge in [0.05, 0.1) is 9.92 Å². The molecule has 0 bridgehead atoms. The number of sulfone groups is 1. The van der Waals surface area contributed by atoms with E-state index in [2.05, 4.69) is 4.98 Å². The molecule has 0 fully saturated rings. The third-order valence-corrected chi connectivity index (χ3v) is 6.78. The molecular formula is C24H16ClN3O4S. The summed E-state index contributed by atoms with van der Waals surface area (Å²) < 4.78 is 33.2. The van der Waals surface area contributed by atoms with Gasteiger partial charge in [0.15, 0.2) is 0 Å². The van der Waals surface area contributed by atoms with Crippen molar-refractivity contribution in [3.63, 3.8) is 0 Å². The second-order valence-corrected chi connectivity index (χ2v) is 9.36. The summed E-state index contributed by atoms with van der Waals surface area (Å²) in [6, 6.07) is 19.3. The number of halogens is 1. The number of fused-ring (bicyclic) bond motifs is 1. The molecule has 0 radical (unpaired) electrons. The average Bonchev–Trinajstić information content (AvgIpc) is 2.80. The molecule has 0 aliphatic heterocycles. The third-order valence-electron chi connectivity index (χ3n) is 4.78. The second kappa shape index (κ2) is 8.90. The number of ether oxygens (including phenoxy) is 1. The van der Waals surface area contributed by atoms with E-state index in [-0.39, 0.29) is 32.8 Å². The van der Waals surface area contributed by atoms with Crippen LogP contribution in [0.15, 0.2) is 87.5 Å². The van der Waals surface area contributed by atoms with Crippen LogP contribution in [0.1, 0.15) is 11.1 Å². The lowest BCUT2D eigenvalue weighted by atomic mass is 10.2. The van der Waals surface area contributed by atoms with Gasteiger partial charge in [-0.05, 0) is 49.4 Å². The van der Waals surface area contributed by atoms with E-state index in [9.17, 15) is 18.5 Å². The fourth-order valence-electron chi connectivity index (χ4n) is 3.06. The number of nitrogens with zero attached hydrogens (tertiary/aromatic N) is 3. The van der Waals surface area contributed by atoms with Crippen LogP contribution in [0.25, 0.3) is 11.7 Å². The topological polar surface area (TPSA) is 102 Å². The van der Waals surface area contributed by atoms with E-state index in [1.807, 2.05) is 6.92 Å². The Balaban J connectivity index is 1.95. The molecule has 4 aromatic rings. The maximum atomic E-state index is 13.2. The average molecular weight is 478 g/mol. The molecular weight excluding hydrogens is 462 g/mol. The first-order valence-electron chi connectivity index (χ1n) is 9.68. The van der Waals surface area contributed by atoms with Gasteiger partial charge in [-0.1, -0.05) is 47.5 Å². The molecule has 0 amide bonds. The summed E-state index contributed by atoms with van der Waals surface area (Å²) in [7, 11) is -4.19. The van der Waals surface area contributed by atoms with Gasteiger partial charge in [-0.2, -0.15) is 10.2 Å². The molecule has 164 valence electrons. The third kappa shape index (κ3) is 4.37. The van der Waals surface area contributed by atoms with Crippen molar-refractivity contribution in [2.24, 2.45) is 0 Å². The number of para-hydroxylation sites is 1. The van der Waals surface area contributed by atoms with Gasteiger partial charge in [0.25, 0.3) is 5.56 Å². The lowest BCUT2D eigenvalue weighted by Gasteiger charge is -2.11. The predicted molar refractivity (Wildman–Crippen MR) is 125 cm³/mol. The zero-order chi connectivity index (χ0) is 23.6. The van der Waals surface area contributed by atoms with Crippen LogP contribution in [-0.2, 0) is 9.84 Å². The van der Waals surface area contributed by atoms with E-state index >= 15 is 0 Å². The smallest absolute Gasteiger partial charge is 0.269 e. The van der Waals surface area contributed by atoms with Crippen LogP contribution in [0.2, 0.25) is 5.02 Å². The van der Waals surface area contributed by atoms with Crippen molar-refractivity contribution >= 4 is 33.2 Å². The molecule has 7 nitrogen and oxygen atoms in total. The lowest BCUT2D eigenvalue weighted by molar-refractivity contribution is 0.461. The first kappa shape index (κ1) is 22.3. The summed E-state index contributed by atoms with van der Waals surface area (Å²) in [6.07, 6.45) is 2.47. The minimum Gasteiger partial charge on any atom is -0.437 e. The maximum absolute atomic E-state index is 13.2. The monoisotopic (exact) mass is 477 g/mol. The van der Waals surface area contributed by atoms with Gasteiger partial charge in [0.2, 0.25) is 15.7 Å². The summed E-state index contributed by atoms with van der Waals surface area (Å²) in [6.45, 7) is 1.82. The van der Waals surface area contributed by atoms with Crippen LogP contribution in [-0.4, -0.2) is 17.8 Å². The fraction of sp³-hybridized carbons (Fsp3) is 0.0417. The van der Waals surface area contributed by atoms with E-state index in [0.717, 1.165) is 11.6 Å². The van der Waals surface area contributed by atoms with Gasteiger partial charge in [0, 0.05) is 6.20 Å². The molecule has 0 aliphatic carbocycles. The number of aromatic nitrogens is 2. The maximum Gasteiger partial charge on any atom is 0.269 e. The first-order chi connectivity index (χ1) is 15.8. The Hall–Kier alpha value is -3.93. The summed E-state index contributed by atoms with van der Waals surface area (Å²) in [5.74, 6) is 0.0482. The number of aryl methyl sites for hydroxylation is 1. The zero-order valence-corrected chi connectivity index (χ0v) is 18.8. The minimum atomic E-state index is -4.19. The van der Waals surface area contributed by atoms with Crippen LogP contribution in [0, 0.1) is 18.3 Å². The Bertz CT molecular complexity index is 1600. The molecule has 0 N–H and O–H groups in total. The second-order valence-electron chi connectivity index (χ2n) is 7.03. The number of rotatable bonds is 5. The Labute approximate surface area is 194 Å². The number of hydrogen-bond acceptors (Lipinski definition) is 6. The lowest BCUT2D eigenvalue weighted by Crippen LogP contribution is -2.19. The zero-order valence-electron chi connectivity index (χ0n) is 17.3. The Morgan fingerprint density at radius 3 is 2.48 bits per heavy atom. The quantitative estimate of drug-likeness (QED) is 0.383. The molecule has 0 saturated heterocycles. The number of pyridine rings is 1. The number of hydrogen-bond donors (Lipinski definition) is 0. The van der Waals surface area contributed by atoms with E-state index in [4.69, 9.17) is 16.3 Å². The Kier molecular flexibility index (Phi) is 6.01. The van der Waals surface area contributed by atoms with Crippen molar-refractivity contribution in [1.82, 2.24) is 9.38 Å². The first-order valence-corrected chi connectivity index (χ1v) is 11.5. The van der Waals surface area contributed by atoms with Gasteiger partial charge in [0.1, 0.15) is 27.9 Å². The number of allylic oxidation sites excluding steroid dienone is 1. The molecule has 0 atom stereocenters. The van der Waals surface area contributed by atoms with Gasteiger partial charge in [-0.3, -0.25) is 9.20 Å².